The van der Waals surface area contributed by atoms with Crippen LogP contribution >= 0.6 is 0 Å². The second-order valence-electron chi connectivity index (χ2n) is 7.07. The highest BCUT2D eigenvalue weighted by Crippen LogP contribution is 2.34. The largest absolute Gasteiger partial charge is 0.481 e. The van der Waals surface area contributed by atoms with E-state index in [1.807, 2.05) is 6.07 Å². The molecule has 0 spiro atoms. The summed E-state index contributed by atoms with van der Waals surface area (Å²) in [5.74, 6) is -1.20. The number of aromatic nitrogens is 1. The number of benzene rings is 2. The fourth-order valence-corrected chi connectivity index (χ4v) is 2.91. The first-order chi connectivity index (χ1) is 11.3. The second-order valence-corrected chi connectivity index (χ2v) is 7.07. The van der Waals surface area contributed by atoms with Gasteiger partial charge in [0.25, 0.3) is 0 Å². The van der Waals surface area contributed by atoms with E-state index >= 15 is 0 Å². The molecule has 1 heterocycles. The molecule has 0 saturated heterocycles. The zero-order chi connectivity index (χ0) is 17.5. The number of halogens is 1. The van der Waals surface area contributed by atoms with Crippen LogP contribution in [-0.2, 0) is 16.6 Å². The maximum absolute atomic E-state index is 13.2. The molecule has 0 saturated carbocycles. The molecule has 0 fully saturated rings. The molecule has 2 aromatic carbocycles. The SMILES string of the molecule is CC(C)(C)c1ccc2[nH]c(-c3ccc(F)cc3)c(CC(=O)O)c2c1. The van der Waals surface area contributed by atoms with E-state index in [1.165, 1.54) is 12.1 Å². The molecule has 24 heavy (non-hydrogen) atoms. The molecule has 0 bridgehead atoms. The quantitative estimate of drug-likeness (QED) is 0.719. The Morgan fingerprint density at radius 1 is 1.12 bits per heavy atom. The van der Waals surface area contributed by atoms with Crippen molar-refractivity contribution < 1.29 is 14.3 Å². The fourth-order valence-electron chi connectivity index (χ4n) is 2.91. The van der Waals surface area contributed by atoms with E-state index in [-0.39, 0.29) is 17.7 Å². The molecule has 3 rings (SSSR count). The van der Waals surface area contributed by atoms with E-state index in [0.29, 0.717) is 0 Å². The summed E-state index contributed by atoms with van der Waals surface area (Å²) in [6.07, 6.45) is -0.0830. The number of carbonyl (C=O) groups is 1. The highest BCUT2D eigenvalue weighted by Gasteiger charge is 2.19. The third-order valence-corrected chi connectivity index (χ3v) is 4.23. The molecule has 3 nitrogen and oxygen atoms in total. The van der Waals surface area contributed by atoms with E-state index in [2.05, 4.69) is 37.9 Å². The van der Waals surface area contributed by atoms with Crippen molar-refractivity contribution in [1.82, 2.24) is 4.98 Å². The minimum atomic E-state index is -0.888. The summed E-state index contributed by atoms with van der Waals surface area (Å²) in [5, 5.41) is 10.2. The molecule has 0 radical (unpaired) electrons. The maximum Gasteiger partial charge on any atom is 0.307 e. The van der Waals surface area contributed by atoms with Crippen molar-refractivity contribution in [2.45, 2.75) is 32.6 Å². The van der Waals surface area contributed by atoms with Crippen molar-refractivity contribution in [3.05, 3.63) is 59.4 Å². The lowest BCUT2D eigenvalue weighted by Gasteiger charge is -2.19. The number of rotatable bonds is 3. The number of H-pyrrole nitrogens is 1. The highest BCUT2D eigenvalue weighted by molar-refractivity contribution is 5.94. The summed E-state index contributed by atoms with van der Waals surface area (Å²) in [7, 11) is 0. The Balaban J connectivity index is 2.25. The van der Waals surface area contributed by atoms with Gasteiger partial charge in [-0.25, -0.2) is 4.39 Å². The lowest BCUT2D eigenvalue weighted by Crippen LogP contribution is -2.10. The summed E-state index contributed by atoms with van der Waals surface area (Å²) in [5.41, 5.74) is 4.25. The molecule has 0 aliphatic carbocycles. The number of aromatic amines is 1. The smallest absolute Gasteiger partial charge is 0.307 e. The third kappa shape index (κ3) is 3.04. The van der Waals surface area contributed by atoms with Gasteiger partial charge in [0.05, 0.1) is 12.1 Å². The van der Waals surface area contributed by atoms with Gasteiger partial charge in [-0.1, -0.05) is 26.8 Å². The Labute approximate surface area is 140 Å². The van der Waals surface area contributed by atoms with Crippen molar-refractivity contribution in [2.75, 3.05) is 0 Å². The Morgan fingerprint density at radius 3 is 2.38 bits per heavy atom. The van der Waals surface area contributed by atoms with Gasteiger partial charge in [-0.2, -0.15) is 0 Å². The summed E-state index contributed by atoms with van der Waals surface area (Å²) < 4.78 is 13.2. The summed E-state index contributed by atoms with van der Waals surface area (Å²) in [4.78, 5) is 14.7. The number of hydrogen-bond donors (Lipinski definition) is 2. The van der Waals surface area contributed by atoms with Crippen molar-refractivity contribution in [2.24, 2.45) is 0 Å². The van der Waals surface area contributed by atoms with Crippen molar-refractivity contribution in [3.8, 4) is 11.3 Å². The van der Waals surface area contributed by atoms with Crippen LogP contribution in [0.15, 0.2) is 42.5 Å². The monoisotopic (exact) mass is 325 g/mol. The van der Waals surface area contributed by atoms with Gasteiger partial charge in [-0.3, -0.25) is 4.79 Å². The molecule has 124 valence electrons. The van der Waals surface area contributed by atoms with Gasteiger partial charge in [-0.15, -0.1) is 0 Å². The van der Waals surface area contributed by atoms with E-state index in [1.54, 1.807) is 12.1 Å². The molecule has 3 aromatic rings. The zero-order valence-corrected chi connectivity index (χ0v) is 14.0. The molecule has 1 aromatic heterocycles. The van der Waals surface area contributed by atoms with E-state index in [4.69, 9.17) is 0 Å². The van der Waals surface area contributed by atoms with Gasteiger partial charge < -0.3 is 10.1 Å². The number of nitrogens with one attached hydrogen (secondary N) is 1. The predicted molar refractivity (Wildman–Crippen MR) is 93.7 cm³/mol. The Morgan fingerprint density at radius 2 is 1.79 bits per heavy atom. The van der Waals surface area contributed by atoms with Crippen LogP contribution in [0, 0.1) is 5.82 Å². The summed E-state index contributed by atoms with van der Waals surface area (Å²) in [6, 6.07) is 12.2. The lowest BCUT2D eigenvalue weighted by molar-refractivity contribution is -0.136. The lowest BCUT2D eigenvalue weighted by atomic mass is 9.86. The van der Waals surface area contributed by atoms with Crippen LogP contribution in [0.2, 0.25) is 0 Å². The Kier molecular flexibility index (Phi) is 3.91. The maximum atomic E-state index is 13.2. The average Bonchev–Trinajstić information content (AvgIpc) is 2.84. The molecule has 0 aliphatic heterocycles. The minimum absolute atomic E-state index is 0.0258. The number of carboxylic acid groups (broad SMARTS) is 1. The first-order valence-corrected chi connectivity index (χ1v) is 7.88. The van der Waals surface area contributed by atoms with Crippen LogP contribution < -0.4 is 0 Å². The van der Waals surface area contributed by atoms with Crippen molar-refractivity contribution in [3.63, 3.8) is 0 Å². The number of aliphatic carboxylic acids is 1. The van der Waals surface area contributed by atoms with Crippen LogP contribution in [0.3, 0.4) is 0 Å². The van der Waals surface area contributed by atoms with Crippen molar-refractivity contribution >= 4 is 16.9 Å². The van der Waals surface area contributed by atoms with E-state index in [9.17, 15) is 14.3 Å². The minimum Gasteiger partial charge on any atom is -0.481 e. The predicted octanol–water partition coefficient (Wildman–Crippen LogP) is 4.90. The fraction of sp³-hybridized carbons (Fsp3) is 0.250. The summed E-state index contributed by atoms with van der Waals surface area (Å²) in [6.45, 7) is 6.37. The summed E-state index contributed by atoms with van der Waals surface area (Å²) >= 11 is 0. The van der Waals surface area contributed by atoms with Crippen LogP contribution in [0.4, 0.5) is 4.39 Å². The Hall–Kier alpha value is -2.62. The first kappa shape index (κ1) is 16.2. The standard InChI is InChI=1S/C20H20FNO2/c1-20(2,3)13-6-9-17-15(10-13)16(11-18(23)24)19(22-17)12-4-7-14(21)8-5-12/h4-10,22H,11H2,1-3H3,(H,23,24). The molecular weight excluding hydrogens is 305 g/mol. The van der Waals surface area contributed by atoms with E-state index in [0.717, 1.165) is 33.3 Å². The van der Waals surface area contributed by atoms with Gasteiger partial charge in [0.2, 0.25) is 0 Å². The first-order valence-electron chi connectivity index (χ1n) is 7.88. The topological polar surface area (TPSA) is 53.1 Å². The van der Waals surface area contributed by atoms with Crippen LogP contribution in [0.5, 0.6) is 0 Å². The zero-order valence-electron chi connectivity index (χ0n) is 14.0. The molecular formula is C20H20FNO2. The van der Waals surface area contributed by atoms with Gasteiger partial charge in [0.15, 0.2) is 0 Å². The van der Waals surface area contributed by atoms with Gasteiger partial charge >= 0.3 is 5.97 Å². The molecule has 0 unspecified atom stereocenters. The van der Waals surface area contributed by atoms with Gasteiger partial charge in [0.1, 0.15) is 5.82 Å². The average molecular weight is 325 g/mol. The molecule has 4 heteroatoms. The van der Waals surface area contributed by atoms with Crippen LogP contribution in [0.1, 0.15) is 31.9 Å². The third-order valence-electron chi connectivity index (χ3n) is 4.23. The highest BCUT2D eigenvalue weighted by atomic mass is 19.1. The Bertz CT molecular complexity index is 902. The van der Waals surface area contributed by atoms with E-state index < -0.39 is 5.97 Å². The van der Waals surface area contributed by atoms with Crippen LogP contribution in [-0.4, -0.2) is 16.1 Å². The molecule has 0 atom stereocenters. The number of hydrogen-bond acceptors (Lipinski definition) is 1. The normalized spacial score (nSPS) is 11.8. The number of fused-ring (bicyclic) bond motifs is 1. The van der Waals surface area contributed by atoms with Crippen LogP contribution in [0.25, 0.3) is 22.2 Å². The van der Waals surface area contributed by atoms with Crippen molar-refractivity contribution in [1.29, 1.82) is 0 Å². The molecule has 2 N–H and O–H groups in total. The molecule has 0 amide bonds. The van der Waals surface area contributed by atoms with Gasteiger partial charge in [-0.05, 0) is 58.5 Å². The van der Waals surface area contributed by atoms with Gasteiger partial charge in [0, 0.05) is 10.9 Å². The molecule has 0 aliphatic rings. The number of carboxylic acids is 1. The second kappa shape index (κ2) is 5.78.